The summed E-state index contributed by atoms with van der Waals surface area (Å²) in [6.07, 6.45) is 3.45. The van der Waals surface area contributed by atoms with Gasteiger partial charge in [0.2, 0.25) is 13.2 Å². The minimum Gasteiger partial charge on any atom is -0.465 e. The van der Waals surface area contributed by atoms with E-state index in [2.05, 4.69) is 25.1 Å². The van der Waals surface area contributed by atoms with Gasteiger partial charge in [0.25, 0.3) is 0 Å². The fraction of sp³-hybridized carbons (Fsp3) is 0.640. The number of esters is 2. The van der Waals surface area contributed by atoms with Gasteiger partial charge >= 0.3 is 11.9 Å². The predicted molar refractivity (Wildman–Crippen MR) is 148 cm³/mol. The Labute approximate surface area is 237 Å². The number of ether oxygens (including phenoxy) is 3. The number of nitrogens with one attached hydrogen (secondary N) is 2. The number of aliphatic hydroxyl groups is 1. The SMILES string of the molecule is CCCCOC(=O)[C@H](C)NP(=O)(/C=C/[C@H]1OC[C@](F)(n2cnc3c(N)ncnc32)[C@@H]1O)N[C@@H](C)C(=O)OCCCC. The number of alkyl halides is 1. The Bertz CT molecular complexity index is 1240. The van der Waals surface area contributed by atoms with Crippen molar-refractivity contribution in [3.63, 3.8) is 0 Å². The number of hydrogen-bond acceptors (Lipinski definition) is 11. The van der Waals surface area contributed by atoms with Crippen LogP contribution < -0.4 is 15.9 Å². The van der Waals surface area contributed by atoms with E-state index in [1.54, 1.807) is 0 Å². The van der Waals surface area contributed by atoms with Gasteiger partial charge in [0, 0.05) is 5.82 Å². The lowest BCUT2D eigenvalue weighted by atomic mass is 10.1. The molecule has 3 heterocycles. The number of nitrogen functional groups attached to an aromatic ring is 1. The first-order valence-corrected chi connectivity index (χ1v) is 15.3. The van der Waals surface area contributed by atoms with Gasteiger partial charge in [-0.3, -0.25) is 18.7 Å². The molecular weight excluding hydrogens is 560 g/mol. The van der Waals surface area contributed by atoms with Crippen molar-refractivity contribution in [2.24, 2.45) is 0 Å². The Kier molecular flexibility index (Phi) is 11.3. The summed E-state index contributed by atoms with van der Waals surface area (Å²) in [5.41, 5.74) is 6.02. The van der Waals surface area contributed by atoms with Crippen molar-refractivity contribution in [1.29, 1.82) is 0 Å². The molecule has 0 radical (unpaired) electrons. The van der Waals surface area contributed by atoms with E-state index >= 15 is 4.39 Å². The van der Waals surface area contributed by atoms with Gasteiger partial charge in [-0.25, -0.2) is 29.5 Å². The molecule has 0 spiro atoms. The van der Waals surface area contributed by atoms with E-state index in [1.807, 2.05) is 13.8 Å². The maximum absolute atomic E-state index is 16.1. The third-order valence-corrected chi connectivity index (χ3v) is 8.59. The van der Waals surface area contributed by atoms with Crippen LogP contribution in [0.1, 0.15) is 53.4 Å². The summed E-state index contributed by atoms with van der Waals surface area (Å²) in [5, 5.41) is 16.3. The zero-order valence-electron chi connectivity index (χ0n) is 23.7. The van der Waals surface area contributed by atoms with E-state index < -0.39 is 56.1 Å². The summed E-state index contributed by atoms with van der Waals surface area (Å²) in [6, 6.07) is -2.06. The molecule has 2 aromatic heterocycles. The number of rotatable bonds is 15. The molecule has 41 heavy (non-hydrogen) atoms. The molecule has 1 fully saturated rings. The van der Waals surface area contributed by atoms with E-state index in [0.717, 1.165) is 35.9 Å². The van der Waals surface area contributed by atoms with Crippen LogP contribution in [0.4, 0.5) is 10.2 Å². The minimum atomic E-state index is -3.90. The average Bonchev–Trinajstić information content (AvgIpc) is 3.50. The lowest BCUT2D eigenvalue weighted by Crippen LogP contribution is -2.42. The van der Waals surface area contributed by atoms with Crippen LogP contribution >= 0.6 is 7.44 Å². The molecular formula is C25H39FN7O7P. The van der Waals surface area contributed by atoms with Crippen LogP contribution in [0.25, 0.3) is 11.2 Å². The van der Waals surface area contributed by atoms with Gasteiger partial charge in [-0.2, -0.15) is 0 Å². The molecule has 0 bridgehead atoms. The molecule has 16 heteroatoms. The van der Waals surface area contributed by atoms with Crippen molar-refractivity contribution in [3.8, 4) is 0 Å². The molecule has 0 aromatic carbocycles. The van der Waals surface area contributed by atoms with Crippen LogP contribution in [0.3, 0.4) is 0 Å². The second-order valence-electron chi connectivity index (χ2n) is 9.83. The highest BCUT2D eigenvalue weighted by molar-refractivity contribution is 7.63. The summed E-state index contributed by atoms with van der Waals surface area (Å²) in [5.74, 6) is -2.59. The first-order valence-electron chi connectivity index (χ1n) is 13.6. The van der Waals surface area contributed by atoms with Crippen molar-refractivity contribution < 1.29 is 37.9 Å². The van der Waals surface area contributed by atoms with Crippen LogP contribution in [-0.2, 0) is 34.2 Å². The molecule has 2 aromatic rings. The first-order chi connectivity index (χ1) is 19.5. The fourth-order valence-electron chi connectivity index (χ4n) is 4.03. The number of nitrogens with two attached hydrogens (primary N) is 1. The zero-order valence-corrected chi connectivity index (χ0v) is 24.6. The molecule has 14 nitrogen and oxygen atoms in total. The third-order valence-electron chi connectivity index (χ3n) is 6.45. The molecule has 1 saturated heterocycles. The van der Waals surface area contributed by atoms with E-state index in [1.165, 1.54) is 19.9 Å². The van der Waals surface area contributed by atoms with Crippen molar-refractivity contribution in [3.05, 3.63) is 24.5 Å². The average molecular weight is 600 g/mol. The quantitative estimate of drug-likeness (QED) is 0.132. The van der Waals surface area contributed by atoms with Gasteiger partial charge < -0.3 is 25.1 Å². The number of carbonyl (C=O) groups excluding carboxylic acids is 2. The minimum absolute atomic E-state index is 0.0463. The van der Waals surface area contributed by atoms with Crippen LogP contribution in [0.2, 0.25) is 0 Å². The molecule has 0 saturated carbocycles. The molecule has 0 unspecified atom stereocenters. The number of imidazole rings is 1. The smallest absolute Gasteiger partial charge is 0.323 e. The summed E-state index contributed by atoms with van der Waals surface area (Å²) in [6.45, 7) is 6.65. The molecule has 3 rings (SSSR count). The van der Waals surface area contributed by atoms with Crippen molar-refractivity contribution in [2.45, 2.75) is 83.5 Å². The molecule has 1 aliphatic heterocycles. The molecule has 228 valence electrons. The lowest BCUT2D eigenvalue weighted by molar-refractivity contribution is -0.145. The van der Waals surface area contributed by atoms with E-state index in [0.29, 0.717) is 12.8 Å². The highest BCUT2D eigenvalue weighted by Gasteiger charge is 2.52. The van der Waals surface area contributed by atoms with Gasteiger partial charge in [-0.1, -0.05) is 26.7 Å². The summed E-state index contributed by atoms with van der Waals surface area (Å²) < 4.78 is 47.0. The number of carbonyl (C=O) groups is 2. The zero-order chi connectivity index (χ0) is 30.2. The largest absolute Gasteiger partial charge is 0.465 e. The highest BCUT2D eigenvalue weighted by Crippen LogP contribution is 2.42. The van der Waals surface area contributed by atoms with Crippen LogP contribution in [0.15, 0.2) is 24.5 Å². The topological polar surface area (TPSA) is 193 Å². The van der Waals surface area contributed by atoms with Gasteiger partial charge in [-0.05, 0) is 32.8 Å². The Morgan fingerprint density at radius 2 is 1.78 bits per heavy atom. The molecule has 0 amide bonds. The van der Waals surface area contributed by atoms with Crippen LogP contribution in [0.5, 0.6) is 0 Å². The standard InChI is InChI=1S/C25H39FN7O7P/c1-5-7-10-38-23(35)16(3)31-41(37,32-17(4)24(36)39-11-8-6-2)12-9-18-20(34)25(26,13-40-18)33-15-30-19-21(27)28-14-29-22(19)33/h9,12,14-18,20,34H,5-8,10-11,13H2,1-4H3,(H2,27,28,29)(H2,31,32,37)/b12-9+/t16-,17-,18+,20+,25-/m0/s1. The molecule has 1 aliphatic rings. The van der Waals surface area contributed by atoms with E-state index in [9.17, 15) is 19.3 Å². The third kappa shape index (κ3) is 7.86. The second kappa shape index (κ2) is 14.3. The Morgan fingerprint density at radius 1 is 1.20 bits per heavy atom. The van der Waals surface area contributed by atoms with Crippen molar-refractivity contribution >= 4 is 36.4 Å². The van der Waals surface area contributed by atoms with E-state index in [4.69, 9.17) is 19.9 Å². The van der Waals surface area contributed by atoms with Crippen LogP contribution in [-0.4, -0.2) is 80.7 Å². The second-order valence-corrected chi connectivity index (χ2v) is 12.0. The summed E-state index contributed by atoms with van der Waals surface area (Å²) in [4.78, 5) is 36.8. The van der Waals surface area contributed by atoms with Gasteiger partial charge in [-0.15, -0.1) is 0 Å². The van der Waals surface area contributed by atoms with Crippen molar-refractivity contribution in [2.75, 3.05) is 25.6 Å². The molecule has 5 N–H and O–H groups in total. The normalized spacial score (nSPS) is 22.7. The number of aromatic nitrogens is 4. The number of nitrogens with zero attached hydrogens (tertiary/aromatic N) is 4. The fourth-order valence-corrected chi connectivity index (χ4v) is 6.05. The Balaban J connectivity index is 1.80. The summed E-state index contributed by atoms with van der Waals surface area (Å²) in [7, 11) is -3.90. The maximum Gasteiger partial charge on any atom is 0.323 e. The number of halogens is 1. The Morgan fingerprint density at radius 3 is 2.34 bits per heavy atom. The van der Waals surface area contributed by atoms with Gasteiger partial charge in [0.05, 0.1) is 19.5 Å². The highest BCUT2D eigenvalue weighted by atomic mass is 31.2. The Hall–Kier alpha value is -2.97. The van der Waals surface area contributed by atoms with Gasteiger partial charge in [0.1, 0.15) is 42.7 Å². The number of anilines is 1. The first kappa shape index (κ1) is 32.5. The lowest BCUT2D eigenvalue weighted by Gasteiger charge is -2.26. The van der Waals surface area contributed by atoms with Crippen molar-refractivity contribution in [1.82, 2.24) is 29.7 Å². The number of unbranched alkanes of at least 4 members (excludes halogenated alkanes) is 2. The van der Waals surface area contributed by atoms with Gasteiger partial charge in [0.15, 0.2) is 11.5 Å². The van der Waals surface area contributed by atoms with E-state index in [-0.39, 0.29) is 30.2 Å². The molecule has 0 aliphatic carbocycles. The predicted octanol–water partition coefficient (Wildman–Crippen LogP) is 2.14. The monoisotopic (exact) mass is 599 g/mol. The van der Waals surface area contributed by atoms with Crippen LogP contribution in [0, 0.1) is 0 Å². The number of fused-ring (bicyclic) bond motifs is 1. The number of aliphatic hydroxyl groups excluding tert-OH is 1. The summed E-state index contributed by atoms with van der Waals surface area (Å²) >= 11 is 0. The number of hydrogen-bond donors (Lipinski definition) is 4. The maximum atomic E-state index is 16.1. The molecule has 5 atom stereocenters.